The molecule has 4 rings (SSSR count). The van der Waals surface area contributed by atoms with Crippen molar-refractivity contribution in [2.75, 3.05) is 0 Å². The quantitative estimate of drug-likeness (QED) is 0.220. The molecule has 0 fully saturated rings. The van der Waals surface area contributed by atoms with Crippen LogP contribution in [-0.4, -0.2) is 29.9 Å². The molecule has 0 aliphatic carbocycles. The van der Waals surface area contributed by atoms with Gasteiger partial charge in [-0.3, -0.25) is 0 Å². The van der Waals surface area contributed by atoms with Gasteiger partial charge in [-0.15, -0.1) is 4.98 Å². The molecule has 0 aliphatic heterocycles. The standard InChI is InChI=1S/C18H6F6N8/c1-5-6(2)28-9-8(27-5)11-12(10-13(9)32-16(26-3)7(4-25)29-10)31-15(18(22,23)24)14(30-11)17(19,20)21/h1-2H3. The van der Waals surface area contributed by atoms with Crippen LogP contribution in [0.4, 0.5) is 32.2 Å². The number of hydrogen-bond acceptors (Lipinski definition) is 7. The van der Waals surface area contributed by atoms with E-state index in [0.29, 0.717) is 5.69 Å². The van der Waals surface area contributed by atoms with Crippen molar-refractivity contribution in [2.24, 2.45) is 0 Å². The average Bonchev–Trinajstić information content (AvgIpc) is 2.71. The topological polar surface area (TPSA) is 105 Å². The molecule has 0 saturated carbocycles. The van der Waals surface area contributed by atoms with E-state index >= 15 is 0 Å². The Morgan fingerprint density at radius 1 is 0.688 bits per heavy atom. The second-order valence-electron chi connectivity index (χ2n) is 6.52. The molecule has 0 atom stereocenters. The number of nitriles is 1. The molecule has 4 aromatic rings. The first kappa shape index (κ1) is 21.0. The fourth-order valence-electron chi connectivity index (χ4n) is 3.00. The lowest BCUT2D eigenvalue weighted by Gasteiger charge is -2.15. The average molecular weight is 448 g/mol. The summed E-state index contributed by atoms with van der Waals surface area (Å²) in [6, 6.07) is 1.58. The van der Waals surface area contributed by atoms with Gasteiger partial charge < -0.3 is 4.85 Å². The minimum Gasteiger partial charge on any atom is -0.358 e. The Labute approximate surface area is 173 Å². The fourth-order valence-corrected chi connectivity index (χ4v) is 3.00. The summed E-state index contributed by atoms with van der Waals surface area (Å²) in [6.07, 6.45) is -11.0. The zero-order valence-corrected chi connectivity index (χ0v) is 15.8. The number of hydrogen-bond donors (Lipinski definition) is 0. The van der Waals surface area contributed by atoms with Crippen LogP contribution >= 0.6 is 0 Å². The van der Waals surface area contributed by atoms with E-state index in [0.717, 1.165) is 0 Å². The zero-order chi connectivity index (χ0) is 23.6. The van der Waals surface area contributed by atoms with E-state index in [1.807, 2.05) is 0 Å². The van der Waals surface area contributed by atoms with Gasteiger partial charge in [-0.25, -0.2) is 24.9 Å². The van der Waals surface area contributed by atoms with Crippen molar-refractivity contribution in [3.63, 3.8) is 0 Å². The minimum atomic E-state index is -5.50. The van der Waals surface area contributed by atoms with Crippen molar-refractivity contribution < 1.29 is 26.3 Å². The van der Waals surface area contributed by atoms with Gasteiger partial charge >= 0.3 is 18.2 Å². The monoisotopic (exact) mass is 448 g/mol. The summed E-state index contributed by atoms with van der Waals surface area (Å²) in [5, 5.41) is 9.22. The summed E-state index contributed by atoms with van der Waals surface area (Å²) in [7, 11) is 0. The molecule has 0 N–H and O–H groups in total. The Morgan fingerprint density at radius 3 is 1.44 bits per heavy atom. The molecular formula is C18H6F6N8. The first-order valence-electron chi connectivity index (χ1n) is 8.49. The maximum atomic E-state index is 13.4. The molecule has 0 unspecified atom stereocenters. The van der Waals surface area contributed by atoms with E-state index in [4.69, 9.17) is 6.57 Å². The lowest BCUT2D eigenvalue weighted by Crippen LogP contribution is -2.21. The van der Waals surface area contributed by atoms with Crippen molar-refractivity contribution in [1.29, 1.82) is 5.26 Å². The third-order valence-corrected chi connectivity index (χ3v) is 4.50. The van der Waals surface area contributed by atoms with Gasteiger partial charge in [-0.2, -0.15) is 31.6 Å². The Balaban J connectivity index is 2.38. The third-order valence-electron chi connectivity index (χ3n) is 4.50. The molecule has 3 aromatic heterocycles. The summed E-state index contributed by atoms with van der Waals surface area (Å²) >= 11 is 0. The van der Waals surface area contributed by atoms with Crippen molar-refractivity contribution >= 4 is 38.9 Å². The third kappa shape index (κ3) is 3.08. The number of aryl methyl sites for hydroxylation is 2. The molecule has 0 radical (unpaired) electrons. The van der Waals surface area contributed by atoms with Crippen molar-refractivity contribution in [1.82, 2.24) is 29.9 Å². The highest BCUT2D eigenvalue weighted by atomic mass is 19.4. The first-order chi connectivity index (χ1) is 14.9. The van der Waals surface area contributed by atoms with Crippen LogP contribution in [0.1, 0.15) is 28.5 Å². The Bertz CT molecular complexity index is 1540. The number of benzene rings is 1. The SMILES string of the molecule is [C-]#[N+]c1nc2c3nc(C)c(C)nc3c3nc(C(F)(F)F)c(C(F)(F)F)nc3c2nc1C#N. The zero-order valence-electron chi connectivity index (χ0n) is 15.8. The van der Waals surface area contributed by atoms with Gasteiger partial charge in [-0.05, 0) is 13.8 Å². The molecule has 0 saturated heterocycles. The normalized spacial score (nSPS) is 12.3. The Morgan fingerprint density at radius 2 is 1.06 bits per heavy atom. The minimum absolute atomic E-state index is 0.139. The van der Waals surface area contributed by atoms with E-state index in [1.165, 1.54) is 6.92 Å². The first-order valence-corrected chi connectivity index (χ1v) is 8.49. The molecule has 0 amide bonds. The Hall–Kier alpha value is -4.20. The van der Waals surface area contributed by atoms with Crippen molar-refractivity contribution in [3.8, 4) is 6.07 Å². The van der Waals surface area contributed by atoms with Crippen LogP contribution in [0.5, 0.6) is 0 Å². The van der Waals surface area contributed by atoms with Gasteiger partial charge in [0.2, 0.25) is 5.52 Å². The van der Waals surface area contributed by atoms with Crippen LogP contribution in [-0.2, 0) is 12.4 Å². The molecule has 8 nitrogen and oxygen atoms in total. The maximum absolute atomic E-state index is 13.4. The number of rotatable bonds is 0. The molecule has 160 valence electrons. The van der Waals surface area contributed by atoms with Gasteiger partial charge in [0.05, 0.1) is 11.4 Å². The van der Waals surface area contributed by atoms with Gasteiger partial charge in [0.1, 0.15) is 33.7 Å². The molecule has 3 heterocycles. The van der Waals surface area contributed by atoms with Crippen LogP contribution in [0, 0.1) is 31.8 Å². The van der Waals surface area contributed by atoms with Crippen LogP contribution in [0.2, 0.25) is 0 Å². The number of aromatic nitrogens is 6. The van der Waals surface area contributed by atoms with Gasteiger partial charge in [0, 0.05) is 0 Å². The number of alkyl halides is 6. The second kappa shape index (κ2) is 6.65. The van der Waals surface area contributed by atoms with Gasteiger partial charge in [-0.1, -0.05) is 6.57 Å². The second-order valence-corrected chi connectivity index (χ2v) is 6.52. The summed E-state index contributed by atoms with van der Waals surface area (Å²) in [6.45, 7) is 10.2. The summed E-state index contributed by atoms with van der Waals surface area (Å²) < 4.78 is 80.6. The molecule has 0 aliphatic rings. The smallest absolute Gasteiger partial charge is 0.358 e. The van der Waals surface area contributed by atoms with Crippen LogP contribution in [0.15, 0.2) is 0 Å². The summed E-state index contributed by atoms with van der Waals surface area (Å²) in [5.74, 6) is -0.461. The van der Waals surface area contributed by atoms with E-state index in [-0.39, 0.29) is 22.2 Å². The fraction of sp³-hybridized carbons (Fsp3) is 0.222. The summed E-state index contributed by atoms with van der Waals surface area (Å²) in [4.78, 5) is 25.7. The predicted molar refractivity (Wildman–Crippen MR) is 96.2 cm³/mol. The lowest BCUT2D eigenvalue weighted by molar-refractivity contribution is -0.167. The number of halogens is 6. The highest BCUT2D eigenvalue weighted by Gasteiger charge is 2.47. The number of nitrogens with zero attached hydrogens (tertiary/aromatic N) is 8. The van der Waals surface area contributed by atoms with Crippen LogP contribution in [0.3, 0.4) is 0 Å². The summed E-state index contributed by atoms with van der Waals surface area (Å²) in [5.41, 5.74) is -6.91. The molecule has 14 heteroatoms. The Kier molecular flexibility index (Phi) is 4.37. The largest absolute Gasteiger partial charge is 0.435 e. The van der Waals surface area contributed by atoms with Crippen molar-refractivity contribution in [2.45, 2.75) is 26.2 Å². The lowest BCUT2D eigenvalue weighted by atomic mass is 10.1. The maximum Gasteiger partial charge on any atom is 0.435 e. The molecule has 0 spiro atoms. The van der Waals surface area contributed by atoms with E-state index in [1.54, 1.807) is 13.0 Å². The van der Waals surface area contributed by atoms with E-state index < -0.39 is 51.8 Å². The number of fused-ring (bicyclic) bond motifs is 6. The van der Waals surface area contributed by atoms with E-state index in [9.17, 15) is 31.6 Å². The molecule has 1 aromatic carbocycles. The highest BCUT2D eigenvalue weighted by Crippen LogP contribution is 2.41. The van der Waals surface area contributed by atoms with E-state index in [2.05, 4.69) is 34.7 Å². The highest BCUT2D eigenvalue weighted by molar-refractivity contribution is 6.18. The van der Waals surface area contributed by atoms with Gasteiger partial charge in [0.25, 0.3) is 0 Å². The predicted octanol–water partition coefficient (Wildman–Crippen LogP) is 4.59. The molecular weight excluding hydrogens is 442 g/mol. The van der Waals surface area contributed by atoms with Crippen molar-refractivity contribution in [3.05, 3.63) is 39.9 Å². The molecule has 32 heavy (non-hydrogen) atoms. The van der Waals surface area contributed by atoms with Crippen LogP contribution in [0.25, 0.3) is 37.9 Å². The molecule has 0 bridgehead atoms. The van der Waals surface area contributed by atoms with Crippen LogP contribution < -0.4 is 0 Å². The van der Waals surface area contributed by atoms with Gasteiger partial charge in [0.15, 0.2) is 17.1 Å².